The Bertz CT molecular complexity index is 393. The lowest BCUT2D eigenvalue weighted by Crippen LogP contribution is -2.36. The Hall–Kier alpha value is -1.02. The molecule has 0 bridgehead atoms. The molecule has 1 fully saturated rings. The highest BCUT2D eigenvalue weighted by Gasteiger charge is 2.29. The summed E-state index contributed by atoms with van der Waals surface area (Å²) in [5.41, 5.74) is 4.43. The van der Waals surface area contributed by atoms with Crippen LogP contribution in [0, 0.1) is 6.92 Å². The number of anilines is 1. The maximum atomic E-state index is 4.50. The molecule has 1 atom stereocenters. The molecule has 2 heterocycles. The molecule has 2 aliphatic heterocycles. The topological polar surface area (TPSA) is 24.6 Å². The smallest absolute Gasteiger partial charge is 0.0701 e. The van der Waals surface area contributed by atoms with E-state index in [0.717, 1.165) is 13.2 Å². The van der Waals surface area contributed by atoms with Gasteiger partial charge in [0.1, 0.15) is 0 Å². The van der Waals surface area contributed by atoms with E-state index in [1.165, 1.54) is 23.2 Å². The van der Waals surface area contributed by atoms with Gasteiger partial charge in [0.2, 0.25) is 0 Å². The van der Waals surface area contributed by atoms with Crippen LogP contribution in [0.15, 0.2) is 18.2 Å². The molecule has 1 aromatic rings. The highest BCUT2D eigenvalue weighted by molar-refractivity contribution is 5.61. The van der Waals surface area contributed by atoms with Gasteiger partial charge in [-0.15, -0.1) is 0 Å². The minimum atomic E-state index is 0.235. The maximum Gasteiger partial charge on any atom is 0.0701 e. The van der Waals surface area contributed by atoms with Gasteiger partial charge in [0.15, 0.2) is 0 Å². The van der Waals surface area contributed by atoms with Gasteiger partial charge in [0.25, 0.3) is 0 Å². The molecular weight excluding hydrogens is 210 g/mol. The summed E-state index contributed by atoms with van der Waals surface area (Å²) in [7, 11) is 0. The zero-order valence-electron chi connectivity index (χ0n) is 11.3. The quantitative estimate of drug-likeness (QED) is 0.691. The molecule has 94 valence electrons. The first kappa shape index (κ1) is 12.4. The number of nitrogens with one attached hydrogen (secondary N) is 1. The van der Waals surface area contributed by atoms with Crippen molar-refractivity contribution in [3.8, 4) is 0 Å². The van der Waals surface area contributed by atoms with Crippen LogP contribution in [0.4, 0.5) is 5.69 Å². The van der Waals surface area contributed by atoms with Gasteiger partial charge in [0.05, 0.1) is 13.2 Å². The summed E-state index contributed by atoms with van der Waals surface area (Å²) >= 11 is 0. The van der Waals surface area contributed by atoms with E-state index in [9.17, 15) is 0 Å². The normalized spacial score (nSPS) is 23.9. The summed E-state index contributed by atoms with van der Waals surface area (Å²) in [6.45, 7) is 11.1. The largest absolute Gasteiger partial charge is 0.380 e. The van der Waals surface area contributed by atoms with E-state index in [-0.39, 0.29) is 5.54 Å². The second kappa shape index (κ2) is 4.69. The number of hydrogen-bond donors (Lipinski definition) is 1. The molecule has 0 spiro atoms. The van der Waals surface area contributed by atoms with Crippen LogP contribution in [0.1, 0.15) is 44.2 Å². The predicted octanol–water partition coefficient (Wildman–Crippen LogP) is 3.71. The summed E-state index contributed by atoms with van der Waals surface area (Å²) in [5.74, 6) is 0.668. The highest BCUT2D eigenvalue weighted by Crippen LogP contribution is 2.39. The van der Waals surface area contributed by atoms with Gasteiger partial charge in [-0.3, -0.25) is 0 Å². The second-order valence-corrected chi connectivity index (χ2v) is 5.77. The van der Waals surface area contributed by atoms with Crippen molar-refractivity contribution in [2.24, 2.45) is 0 Å². The van der Waals surface area contributed by atoms with Crippen molar-refractivity contribution < 1.29 is 4.74 Å². The van der Waals surface area contributed by atoms with Crippen molar-refractivity contribution in [1.82, 2.24) is 0 Å². The number of rotatable bonds is 0. The minimum absolute atomic E-state index is 0.235. The fourth-order valence-electron chi connectivity index (χ4n) is 2.54. The summed E-state index contributed by atoms with van der Waals surface area (Å²) in [5, 5.41) is 3.63. The van der Waals surface area contributed by atoms with Crippen LogP contribution in [0.5, 0.6) is 0 Å². The Kier molecular flexibility index (Phi) is 3.43. The first-order chi connectivity index (χ1) is 7.99. The Morgan fingerprint density at radius 3 is 2.53 bits per heavy atom. The van der Waals surface area contributed by atoms with E-state index in [4.69, 9.17) is 0 Å². The van der Waals surface area contributed by atoms with E-state index in [0.29, 0.717) is 5.92 Å². The predicted molar refractivity (Wildman–Crippen MR) is 72.7 cm³/mol. The van der Waals surface area contributed by atoms with Crippen molar-refractivity contribution in [3.05, 3.63) is 29.3 Å². The molecular formula is C15H23NO. The average molecular weight is 233 g/mol. The second-order valence-electron chi connectivity index (χ2n) is 5.77. The SMILES string of the molecule is C1CO1.Cc1cccc2c1NC(C)(C)CC2C. The third-order valence-electron chi connectivity index (χ3n) is 3.32. The molecule has 0 saturated carbocycles. The molecule has 17 heavy (non-hydrogen) atoms. The monoisotopic (exact) mass is 233 g/mol. The number of epoxide rings is 1. The van der Waals surface area contributed by atoms with E-state index in [1.807, 2.05) is 0 Å². The van der Waals surface area contributed by atoms with Gasteiger partial charge >= 0.3 is 0 Å². The number of fused-ring (bicyclic) bond motifs is 1. The van der Waals surface area contributed by atoms with E-state index in [2.05, 4.69) is 55.9 Å². The zero-order valence-corrected chi connectivity index (χ0v) is 11.3. The molecule has 2 aliphatic rings. The van der Waals surface area contributed by atoms with Crippen LogP contribution in [0.25, 0.3) is 0 Å². The van der Waals surface area contributed by atoms with Gasteiger partial charge in [0, 0.05) is 11.2 Å². The van der Waals surface area contributed by atoms with E-state index >= 15 is 0 Å². The number of para-hydroxylation sites is 1. The molecule has 0 amide bonds. The molecule has 1 saturated heterocycles. The average Bonchev–Trinajstić information content (AvgIpc) is 3.05. The van der Waals surface area contributed by atoms with Gasteiger partial charge in [-0.25, -0.2) is 0 Å². The fourth-order valence-corrected chi connectivity index (χ4v) is 2.54. The minimum Gasteiger partial charge on any atom is -0.380 e. The summed E-state index contributed by atoms with van der Waals surface area (Å²) in [6, 6.07) is 6.58. The number of aryl methyl sites for hydroxylation is 1. The third kappa shape index (κ3) is 3.22. The van der Waals surface area contributed by atoms with E-state index in [1.54, 1.807) is 0 Å². The summed E-state index contributed by atoms with van der Waals surface area (Å²) < 4.78 is 4.50. The van der Waals surface area contributed by atoms with E-state index < -0.39 is 0 Å². The molecule has 1 unspecified atom stereocenters. The summed E-state index contributed by atoms with van der Waals surface area (Å²) in [6.07, 6.45) is 1.21. The Morgan fingerprint density at radius 2 is 1.94 bits per heavy atom. The van der Waals surface area contributed by atoms with Crippen molar-refractivity contribution in [1.29, 1.82) is 0 Å². The highest BCUT2D eigenvalue weighted by atomic mass is 16.6. The number of hydrogen-bond acceptors (Lipinski definition) is 2. The van der Waals surface area contributed by atoms with Crippen LogP contribution in [0.2, 0.25) is 0 Å². The van der Waals surface area contributed by atoms with Crippen LogP contribution in [-0.2, 0) is 4.74 Å². The molecule has 2 heteroatoms. The van der Waals surface area contributed by atoms with Gasteiger partial charge in [-0.2, -0.15) is 0 Å². The molecule has 1 N–H and O–H groups in total. The van der Waals surface area contributed by atoms with Crippen molar-refractivity contribution >= 4 is 5.69 Å². The standard InChI is InChI=1S/C13H19N.C2H4O/c1-9-6-5-7-11-10(2)8-13(3,4)14-12(9)11;1-2-3-1/h5-7,10,14H,8H2,1-4H3;1-2H2. The molecule has 0 aliphatic carbocycles. The molecule has 3 rings (SSSR count). The third-order valence-corrected chi connectivity index (χ3v) is 3.32. The number of ether oxygens (including phenoxy) is 1. The lowest BCUT2D eigenvalue weighted by molar-refractivity contribution is 0.453. The Morgan fingerprint density at radius 1 is 1.29 bits per heavy atom. The molecule has 0 aromatic heterocycles. The van der Waals surface area contributed by atoms with Gasteiger partial charge in [-0.1, -0.05) is 25.1 Å². The maximum absolute atomic E-state index is 4.50. The van der Waals surface area contributed by atoms with Gasteiger partial charge in [-0.05, 0) is 44.2 Å². The van der Waals surface area contributed by atoms with Crippen molar-refractivity contribution in [2.75, 3.05) is 18.5 Å². The Labute approximate surface area is 104 Å². The van der Waals surface area contributed by atoms with Crippen molar-refractivity contribution in [3.63, 3.8) is 0 Å². The lowest BCUT2D eigenvalue weighted by atomic mass is 9.81. The molecule has 1 aromatic carbocycles. The summed E-state index contributed by atoms with van der Waals surface area (Å²) in [4.78, 5) is 0. The van der Waals surface area contributed by atoms with Crippen LogP contribution < -0.4 is 5.32 Å². The number of benzene rings is 1. The lowest BCUT2D eigenvalue weighted by Gasteiger charge is -2.38. The molecule has 0 radical (unpaired) electrons. The van der Waals surface area contributed by atoms with Crippen LogP contribution in [-0.4, -0.2) is 18.8 Å². The van der Waals surface area contributed by atoms with Crippen LogP contribution >= 0.6 is 0 Å². The Balaban J connectivity index is 0.000000313. The van der Waals surface area contributed by atoms with Crippen molar-refractivity contribution in [2.45, 2.75) is 45.6 Å². The first-order valence-corrected chi connectivity index (χ1v) is 6.45. The molecule has 2 nitrogen and oxygen atoms in total. The first-order valence-electron chi connectivity index (χ1n) is 6.45. The fraction of sp³-hybridized carbons (Fsp3) is 0.600. The zero-order chi connectivity index (χ0) is 12.5. The van der Waals surface area contributed by atoms with Gasteiger partial charge < -0.3 is 10.1 Å². The van der Waals surface area contributed by atoms with Crippen LogP contribution in [0.3, 0.4) is 0 Å².